The van der Waals surface area contributed by atoms with Gasteiger partial charge in [-0.25, -0.2) is 4.72 Å². The molecule has 1 rings (SSSR count). The molecule has 2 N–H and O–H groups in total. The molecule has 0 bridgehead atoms. The number of hydrogen-bond donors (Lipinski definition) is 2. The Morgan fingerprint density at radius 1 is 1.24 bits per heavy atom. The predicted octanol–water partition coefficient (Wildman–Crippen LogP) is 1.99. The highest BCUT2D eigenvalue weighted by atomic mass is 32.2. The SMILES string of the molecule is CC(C)C(O)CCNS(=O)(=O)N1CCC(C(C)(C)C)CC1. The molecule has 1 aliphatic heterocycles. The lowest BCUT2D eigenvalue weighted by Gasteiger charge is -2.38. The fourth-order valence-corrected chi connectivity index (χ4v) is 3.97. The van der Waals surface area contributed by atoms with E-state index in [1.807, 2.05) is 13.8 Å². The van der Waals surface area contributed by atoms with Crippen molar-refractivity contribution in [3.8, 4) is 0 Å². The molecule has 5 nitrogen and oxygen atoms in total. The number of nitrogens with one attached hydrogen (secondary N) is 1. The summed E-state index contributed by atoms with van der Waals surface area (Å²) >= 11 is 0. The Morgan fingerprint density at radius 2 is 1.76 bits per heavy atom. The van der Waals surface area contributed by atoms with Crippen molar-refractivity contribution in [2.75, 3.05) is 19.6 Å². The van der Waals surface area contributed by atoms with E-state index in [2.05, 4.69) is 25.5 Å². The van der Waals surface area contributed by atoms with Crippen molar-refractivity contribution >= 4 is 10.2 Å². The van der Waals surface area contributed by atoms with E-state index in [0.717, 1.165) is 12.8 Å². The Morgan fingerprint density at radius 3 is 2.19 bits per heavy atom. The van der Waals surface area contributed by atoms with Crippen LogP contribution < -0.4 is 4.72 Å². The summed E-state index contributed by atoms with van der Waals surface area (Å²) in [5, 5.41) is 9.71. The van der Waals surface area contributed by atoms with Crippen LogP contribution in [0, 0.1) is 17.3 Å². The summed E-state index contributed by atoms with van der Waals surface area (Å²) in [6.07, 6.45) is 1.83. The van der Waals surface area contributed by atoms with Crippen LogP contribution in [-0.4, -0.2) is 43.6 Å². The molecular weight excluding hydrogens is 288 g/mol. The summed E-state index contributed by atoms with van der Waals surface area (Å²) in [6.45, 7) is 12.0. The van der Waals surface area contributed by atoms with Crippen LogP contribution in [0.5, 0.6) is 0 Å². The van der Waals surface area contributed by atoms with Crippen molar-refractivity contribution in [1.82, 2.24) is 9.03 Å². The first kappa shape index (κ1) is 18.9. The van der Waals surface area contributed by atoms with Crippen molar-refractivity contribution in [3.63, 3.8) is 0 Å². The van der Waals surface area contributed by atoms with Gasteiger partial charge in [-0.05, 0) is 36.5 Å². The normalized spacial score (nSPS) is 20.9. The van der Waals surface area contributed by atoms with Crippen LogP contribution in [-0.2, 0) is 10.2 Å². The number of rotatable bonds is 6. The first-order chi connectivity index (χ1) is 9.54. The molecule has 0 aliphatic carbocycles. The fraction of sp³-hybridized carbons (Fsp3) is 1.00. The quantitative estimate of drug-likeness (QED) is 0.786. The van der Waals surface area contributed by atoms with Gasteiger partial charge >= 0.3 is 0 Å². The van der Waals surface area contributed by atoms with Crippen LogP contribution in [0.2, 0.25) is 0 Å². The monoisotopic (exact) mass is 320 g/mol. The second kappa shape index (κ2) is 7.40. The van der Waals surface area contributed by atoms with E-state index >= 15 is 0 Å². The second-order valence-corrected chi connectivity index (χ2v) is 9.29. The lowest BCUT2D eigenvalue weighted by Crippen LogP contribution is -2.47. The van der Waals surface area contributed by atoms with Crippen molar-refractivity contribution in [3.05, 3.63) is 0 Å². The molecule has 1 atom stereocenters. The average Bonchev–Trinajstić information content (AvgIpc) is 2.37. The maximum Gasteiger partial charge on any atom is 0.279 e. The third-order valence-electron chi connectivity index (χ3n) is 4.51. The molecule has 0 aromatic carbocycles. The predicted molar refractivity (Wildman–Crippen MR) is 86.1 cm³/mol. The molecule has 1 fully saturated rings. The molecule has 1 aliphatic rings. The zero-order valence-corrected chi connectivity index (χ0v) is 14.9. The van der Waals surface area contributed by atoms with E-state index in [0.29, 0.717) is 32.0 Å². The zero-order valence-electron chi connectivity index (χ0n) is 14.1. The Kier molecular flexibility index (Phi) is 6.65. The van der Waals surface area contributed by atoms with Gasteiger partial charge in [0.15, 0.2) is 0 Å². The van der Waals surface area contributed by atoms with Crippen LogP contribution in [0.1, 0.15) is 53.9 Å². The number of aliphatic hydroxyl groups is 1. The highest BCUT2D eigenvalue weighted by Crippen LogP contribution is 2.34. The van der Waals surface area contributed by atoms with Gasteiger partial charge in [0.25, 0.3) is 10.2 Å². The summed E-state index contributed by atoms with van der Waals surface area (Å²) in [7, 11) is -3.40. The third kappa shape index (κ3) is 5.85. The molecular formula is C15H32N2O3S. The van der Waals surface area contributed by atoms with E-state index in [1.165, 1.54) is 4.31 Å². The molecule has 1 saturated heterocycles. The van der Waals surface area contributed by atoms with Crippen LogP contribution >= 0.6 is 0 Å². The van der Waals surface area contributed by atoms with E-state index in [1.54, 1.807) is 0 Å². The highest BCUT2D eigenvalue weighted by molar-refractivity contribution is 7.87. The molecule has 0 spiro atoms. The van der Waals surface area contributed by atoms with E-state index in [4.69, 9.17) is 0 Å². The molecule has 0 aromatic rings. The van der Waals surface area contributed by atoms with Crippen LogP contribution in [0.25, 0.3) is 0 Å². The lowest BCUT2D eigenvalue weighted by molar-refractivity contribution is 0.117. The molecule has 1 heterocycles. The maximum atomic E-state index is 12.2. The minimum absolute atomic E-state index is 0.150. The van der Waals surface area contributed by atoms with Crippen molar-refractivity contribution < 1.29 is 13.5 Å². The Bertz CT molecular complexity index is 407. The minimum Gasteiger partial charge on any atom is -0.393 e. The van der Waals surface area contributed by atoms with Gasteiger partial charge in [0, 0.05) is 19.6 Å². The largest absolute Gasteiger partial charge is 0.393 e. The first-order valence-corrected chi connectivity index (χ1v) is 9.41. The summed E-state index contributed by atoms with van der Waals surface area (Å²) < 4.78 is 28.6. The molecule has 0 saturated carbocycles. The maximum absolute atomic E-state index is 12.2. The van der Waals surface area contributed by atoms with Crippen LogP contribution in [0.4, 0.5) is 0 Å². The van der Waals surface area contributed by atoms with Gasteiger partial charge in [0.1, 0.15) is 0 Å². The van der Waals surface area contributed by atoms with Gasteiger partial charge in [-0.3, -0.25) is 0 Å². The average molecular weight is 320 g/mol. The van der Waals surface area contributed by atoms with Gasteiger partial charge < -0.3 is 5.11 Å². The fourth-order valence-electron chi connectivity index (χ4n) is 2.72. The van der Waals surface area contributed by atoms with Gasteiger partial charge in [0.05, 0.1) is 6.10 Å². The molecule has 21 heavy (non-hydrogen) atoms. The molecule has 0 aromatic heterocycles. The first-order valence-electron chi connectivity index (χ1n) is 7.97. The Hall–Kier alpha value is -0.170. The zero-order chi connectivity index (χ0) is 16.3. The number of aliphatic hydroxyl groups excluding tert-OH is 1. The highest BCUT2D eigenvalue weighted by Gasteiger charge is 2.33. The Balaban J connectivity index is 2.43. The van der Waals surface area contributed by atoms with Crippen molar-refractivity contribution in [2.45, 2.75) is 60.0 Å². The number of hydrogen-bond acceptors (Lipinski definition) is 3. The van der Waals surface area contributed by atoms with E-state index in [-0.39, 0.29) is 11.3 Å². The third-order valence-corrected chi connectivity index (χ3v) is 6.13. The summed E-state index contributed by atoms with van der Waals surface area (Å²) in [5.74, 6) is 0.726. The number of piperidine rings is 1. The van der Waals surface area contributed by atoms with Gasteiger partial charge in [-0.2, -0.15) is 12.7 Å². The topological polar surface area (TPSA) is 69.6 Å². The summed E-state index contributed by atoms with van der Waals surface area (Å²) in [6, 6.07) is 0. The van der Waals surface area contributed by atoms with Gasteiger partial charge in [-0.15, -0.1) is 0 Å². The summed E-state index contributed by atoms with van der Waals surface area (Å²) in [5.41, 5.74) is 0.241. The number of nitrogens with zero attached hydrogens (tertiary/aromatic N) is 1. The van der Waals surface area contributed by atoms with Crippen molar-refractivity contribution in [1.29, 1.82) is 0 Å². The Labute approximate surface area is 130 Å². The van der Waals surface area contributed by atoms with Crippen LogP contribution in [0.15, 0.2) is 0 Å². The molecule has 126 valence electrons. The van der Waals surface area contributed by atoms with Crippen LogP contribution in [0.3, 0.4) is 0 Å². The summed E-state index contributed by atoms with van der Waals surface area (Å²) in [4.78, 5) is 0. The minimum atomic E-state index is -3.40. The second-order valence-electron chi connectivity index (χ2n) is 7.54. The standard InChI is InChI=1S/C15H32N2O3S/c1-12(2)14(18)6-9-16-21(19,20)17-10-7-13(8-11-17)15(3,4)5/h12-14,16,18H,6-11H2,1-5H3. The molecule has 0 radical (unpaired) electrons. The molecule has 6 heteroatoms. The van der Waals surface area contributed by atoms with Gasteiger partial charge in [0.2, 0.25) is 0 Å². The lowest BCUT2D eigenvalue weighted by atomic mass is 9.76. The van der Waals surface area contributed by atoms with E-state index < -0.39 is 16.3 Å². The van der Waals surface area contributed by atoms with Crippen molar-refractivity contribution in [2.24, 2.45) is 17.3 Å². The smallest absolute Gasteiger partial charge is 0.279 e. The van der Waals surface area contributed by atoms with Gasteiger partial charge in [-0.1, -0.05) is 34.6 Å². The van der Waals surface area contributed by atoms with E-state index in [9.17, 15) is 13.5 Å². The molecule has 0 amide bonds. The molecule has 1 unspecified atom stereocenters.